The third-order valence-corrected chi connectivity index (χ3v) is 2.50. The van der Waals surface area contributed by atoms with Gasteiger partial charge in [-0.15, -0.1) is 0 Å². The van der Waals surface area contributed by atoms with Crippen molar-refractivity contribution in [2.24, 2.45) is 0 Å². The Morgan fingerprint density at radius 2 is 2.44 bits per heavy atom. The van der Waals surface area contributed by atoms with Crippen LogP contribution in [0.2, 0.25) is 0 Å². The SMILES string of the molecule is COC(=O)C1CN(c2ccccn2)NN1C. The molecule has 1 N–H and O–H groups in total. The molecule has 1 aromatic rings. The van der Waals surface area contributed by atoms with Crippen LogP contribution in [0, 0.1) is 0 Å². The third kappa shape index (κ3) is 1.98. The minimum atomic E-state index is -0.313. The van der Waals surface area contributed by atoms with Gasteiger partial charge in [-0.3, -0.25) is 9.80 Å². The van der Waals surface area contributed by atoms with E-state index < -0.39 is 0 Å². The summed E-state index contributed by atoms with van der Waals surface area (Å²) in [5.41, 5.74) is 3.04. The highest BCUT2D eigenvalue weighted by Crippen LogP contribution is 2.14. The molecule has 2 heterocycles. The molecular formula is C10H14N4O2. The molecule has 1 unspecified atom stereocenters. The van der Waals surface area contributed by atoms with Gasteiger partial charge in [-0.05, 0) is 12.1 Å². The molecule has 0 aromatic carbocycles. The van der Waals surface area contributed by atoms with Gasteiger partial charge >= 0.3 is 5.97 Å². The highest BCUT2D eigenvalue weighted by Gasteiger charge is 2.34. The van der Waals surface area contributed by atoms with Crippen LogP contribution in [0.15, 0.2) is 24.4 Å². The average molecular weight is 222 g/mol. The van der Waals surface area contributed by atoms with Crippen molar-refractivity contribution in [3.63, 3.8) is 0 Å². The minimum absolute atomic E-state index is 0.256. The van der Waals surface area contributed by atoms with Gasteiger partial charge in [-0.2, -0.15) is 5.53 Å². The fraction of sp³-hybridized carbons (Fsp3) is 0.400. The molecule has 0 radical (unpaired) electrons. The standard InChI is InChI=1S/C10H14N4O2/c1-13-8(10(15)16-2)7-14(12-13)9-5-3-4-6-11-9/h3-6,8,12H,7H2,1-2H3. The largest absolute Gasteiger partial charge is 0.468 e. The van der Waals surface area contributed by atoms with Gasteiger partial charge in [0.1, 0.15) is 11.9 Å². The Labute approximate surface area is 93.8 Å². The van der Waals surface area contributed by atoms with Gasteiger partial charge < -0.3 is 4.74 Å². The summed E-state index contributed by atoms with van der Waals surface area (Å²) in [6.45, 7) is 0.514. The van der Waals surface area contributed by atoms with Gasteiger partial charge in [0, 0.05) is 13.2 Å². The van der Waals surface area contributed by atoms with Crippen LogP contribution >= 0.6 is 0 Å². The first-order valence-electron chi connectivity index (χ1n) is 4.98. The fourth-order valence-corrected chi connectivity index (χ4v) is 1.62. The third-order valence-electron chi connectivity index (χ3n) is 2.50. The molecule has 0 bridgehead atoms. The highest BCUT2D eigenvalue weighted by atomic mass is 16.5. The van der Waals surface area contributed by atoms with Crippen LogP contribution in [-0.2, 0) is 9.53 Å². The molecule has 86 valence electrons. The molecule has 1 fully saturated rings. The smallest absolute Gasteiger partial charge is 0.326 e. The van der Waals surface area contributed by atoms with Gasteiger partial charge in [0.25, 0.3) is 0 Å². The molecule has 0 amide bonds. The predicted octanol–water partition coefficient (Wildman–Crippen LogP) is -0.205. The summed E-state index contributed by atoms with van der Waals surface area (Å²) in [5.74, 6) is 0.522. The van der Waals surface area contributed by atoms with Crippen LogP contribution in [0.4, 0.5) is 5.82 Å². The maximum atomic E-state index is 11.5. The minimum Gasteiger partial charge on any atom is -0.468 e. The molecular weight excluding hydrogens is 208 g/mol. The maximum Gasteiger partial charge on any atom is 0.326 e. The molecule has 0 aliphatic carbocycles. The molecule has 16 heavy (non-hydrogen) atoms. The Morgan fingerprint density at radius 3 is 3.06 bits per heavy atom. The van der Waals surface area contributed by atoms with Crippen molar-refractivity contribution in [3.8, 4) is 0 Å². The molecule has 2 rings (SSSR count). The zero-order valence-corrected chi connectivity index (χ0v) is 9.25. The summed E-state index contributed by atoms with van der Waals surface area (Å²) in [5, 5.41) is 3.52. The topological polar surface area (TPSA) is 57.7 Å². The molecule has 6 heteroatoms. The van der Waals surface area contributed by atoms with Crippen molar-refractivity contribution in [1.82, 2.24) is 15.5 Å². The van der Waals surface area contributed by atoms with Crippen molar-refractivity contribution < 1.29 is 9.53 Å². The van der Waals surface area contributed by atoms with E-state index in [0.717, 1.165) is 5.82 Å². The van der Waals surface area contributed by atoms with E-state index in [2.05, 4.69) is 10.5 Å². The van der Waals surface area contributed by atoms with E-state index in [0.29, 0.717) is 6.54 Å². The number of rotatable bonds is 2. The number of likely N-dealkylation sites (N-methyl/N-ethyl adjacent to an activating group) is 1. The Hall–Kier alpha value is -1.66. The zero-order valence-electron chi connectivity index (χ0n) is 9.25. The highest BCUT2D eigenvalue weighted by molar-refractivity contribution is 5.77. The second-order valence-electron chi connectivity index (χ2n) is 3.55. The summed E-state index contributed by atoms with van der Waals surface area (Å²) in [6, 6.07) is 5.31. The number of methoxy groups -OCH3 is 1. The van der Waals surface area contributed by atoms with E-state index in [1.54, 1.807) is 18.3 Å². The summed E-state index contributed by atoms with van der Waals surface area (Å²) in [6.07, 6.45) is 1.71. The average Bonchev–Trinajstić information content (AvgIpc) is 2.71. The molecule has 1 saturated heterocycles. The number of pyridine rings is 1. The molecule has 1 aromatic heterocycles. The summed E-state index contributed by atoms with van der Waals surface area (Å²) >= 11 is 0. The second-order valence-corrected chi connectivity index (χ2v) is 3.55. The van der Waals surface area contributed by atoms with Crippen LogP contribution in [-0.4, -0.2) is 42.7 Å². The number of anilines is 1. The van der Waals surface area contributed by atoms with E-state index in [4.69, 9.17) is 4.74 Å². The number of ether oxygens (including phenoxy) is 1. The number of aromatic nitrogens is 1. The van der Waals surface area contributed by atoms with Crippen molar-refractivity contribution in [2.75, 3.05) is 25.7 Å². The number of hydrazine groups is 2. The number of nitrogens with zero attached hydrogens (tertiary/aromatic N) is 3. The van der Waals surface area contributed by atoms with E-state index in [-0.39, 0.29) is 12.0 Å². The number of carbonyl (C=O) groups is 1. The van der Waals surface area contributed by atoms with Crippen LogP contribution in [0.5, 0.6) is 0 Å². The summed E-state index contributed by atoms with van der Waals surface area (Å²) in [7, 11) is 3.18. The van der Waals surface area contributed by atoms with Crippen molar-refractivity contribution >= 4 is 11.8 Å². The lowest BCUT2D eigenvalue weighted by molar-refractivity contribution is -0.145. The lowest BCUT2D eigenvalue weighted by atomic mass is 10.3. The fourth-order valence-electron chi connectivity index (χ4n) is 1.62. The van der Waals surface area contributed by atoms with E-state index in [9.17, 15) is 4.79 Å². The van der Waals surface area contributed by atoms with Gasteiger partial charge in [0.05, 0.1) is 13.7 Å². The lowest BCUT2D eigenvalue weighted by Crippen LogP contribution is -2.41. The summed E-state index contributed by atoms with van der Waals surface area (Å²) < 4.78 is 4.72. The van der Waals surface area contributed by atoms with Crippen LogP contribution in [0.3, 0.4) is 0 Å². The Balaban J connectivity index is 2.10. The van der Waals surface area contributed by atoms with E-state index in [1.165, 1.54) is 7.11 Å². The number of nitrogens with one attached hydrogen (secondary N) is 1. The number of hydrogen-bond acceptors (Lipinski definition) is 6. The Kier molecular flexibility index (Phi) is 3.02. The van der Waals surface area contributed by atoms with Crippen molar-refractivity contribution in [3.05, 3.63) is 24.4 Å². The van der Waals surface area contributed by atoms with Gasteiger partial charge in [-0.25, -0.2) is 9.99 Å². The Bertz CT molecular complexity index is 370. The van der Waals surface area contributed by atoms with Crippen LogP contribution in [0.25, 0.3) is 0 Å². The molecule has 0 spiro atoms. The molecule has 0 saturated carbocycles. The normalized spacial score (nSPS) is 21.1. The molecule has 1 aliphatic heterocycles. The maximum absolute atomic E-state index is 11.5. The first kappa shape index (κ1) is 10.8. The number of hydrogen-bond donors (Lipinski definition) is 1. The lowest BCUT2D eigenvalue weighted by Gasteiger charge is -2.17. The molecule has 6 nitrogen and oxygen atoms in total. The van der Waals surface area contributed by atoms with Crippen LogP contribution < -0.4 is 10.5 Å². The van der Waals surface area contributed by atoms with Gasteiger partial charge in [0.2, 0.25) is 0 Å². The second kappa shape index (κ2) is 4.46. The first-order valence-corrected chi connectivity index (χ1v) is 4.98. The predicted molar refractivity (Wildman–Crippen MR) is 58.3 cm³/mol. The Morgan fingerprint density at radius 1 is 1.62 bits per heavy atom. The molecule has 1 atom stereocenters. The number of carbonyl (C=O) groups excluding carboxylic acids is 1. The quantitative estimate of drug-likeness (QED) is 0.699. The van der Waals surface area contributed by atoms with E-state index >= 15 is 0 Å². The zero-order chi connectivity index (χ0) is 11.5. The first-order chi connectivity index (χ1) is 7.72. The molecule has 1 aliphatic rings. The van der Waals surface area contributed by atoms with Crippen LogP contribution in [0.1, 0.15) is 0 Å². The van der Waals surface area contributed by atoms with Gasteiger partial charge in [0.15, 0.2) is 0 Å². The van der Waals surface area contributed by atoms with Crippen molar-refractivity contribution in [1.29, 1.82) is 0 Å². The monoisotopic (exact) mass is 222 g/mol. The van der Waals surface area contributed by atoms with Crippen molar-refractivity contribution in [2.45, 2.75) is 6.04 Å². The number of esters is 1. The van der Waals surface area contributed by atoms with E-state index in [1.807, 2.05) is 23.2 Å². The summed E-state index contributed by atoms with van der Waals surface area (Å²) in [4.78, 5) is 15.6. The van der Waals surface area contributed by atoms with Gasteiger partial charge in [-0.1, -0.05) is 6.07 Å².